The van der Waals surface area contributed by atoms with Gasteiger partial charge < -0.3 is 0 Å². The van der Waals surface area contributed by atoms with Gasteiger partial charge in [-0.25, -0.2) is 0 Å². The van der Waals surface area contributed by atoms with Gasteiger partial charge in [0, 0.05) is 19.8 Å². The molecule has 0 aromatic rings. The molecule has 0 aliphatic heterocycles. The van der Waals surface area contributed by atoms with Gasteiger partial charge in [0.1, 0.15) is 0 Å². The van der Waals surface area contributed by atoms with E-state index in [0.717, 1.165) is 5.75 Å². The molecule has 0 aliphatic rings. The molecule has 0 saturated heterocycles. The molecular formula is C5H14S2Si. The SMILES string of the molecule is C[SiH](C)CC(S)CS. The van der Waals surface area contributed by atoms with Gasteiger partial charge in [-0.1, -0.05) is 13.1 Å². The molecule has 1 unspecified atom stereocenters. The predicted octanol–water partition coefficient (Wildman–Crippen LogP) is 1.70. The first kappa shape index (κ1) is 8.92. The zero-order valence-electron chi connectivity index (χ0n) is 5.46. The Kier molecular flexibility index (Phi) is 5.31. The van der Waals surface area contributed by atoms with Crippen molar-refractivity contribution in [2.24, 2.45) is 0 Å². The van der Waals surface area contributed by atoms with Crippen LogP contribution in [-0.2, 0) is 0 Å². The van der Waals surface area contributed by atoms with Crippen LogP contribution in [0.2, 0.25) is 19.1 Å². The van der Waals surface area contributed by atoms with E-state index in [1.807, 2.05) is 0 Å². The molecule has 0 aromatic carbocycles. The van der Waals surface area contributed by atoms with Gasteiger partial charge in [-0.05, 0) is 6.04 Å². The summed E-state index contributed by atoms with van der Waals surface area (Å²) in [6, 6.07) is 1.31. The Morgan fingerprint density at radius 3 is 2.12 bits per heavy atom. The highest BCUT2D eigenvalue weighted by Gasteiger charge is 2.02. The summed E-state index contributed by atoms with van der Waals surface area (Å²) in [7, 11) is -0.371. The Bertz CT molecular complexity index is 56.4. The lowest BCUT2D eigenvalue weighted by molar-refractivity contribution is 1.12. The van der Waals surface area contributed by atoms with E-state index in [1.54, 1.807) is 0 Å². The maximum Gasteiger partial charge on any atom is 0.0316 e. The maximum atomic E-state index is 4.33. The van der Waals surface area contributed by atoms with Crippen LogP contribution in [0, 0.1) is 0 Å². The van der Waals surface area contributed by atoms with E-state index in [1.165, 1.54) is 6.04 Å². The topological polar surface area (TPSA) is 0 Å². The second kappa shape index (κ2) is 4.76. The first-order valence-electron chi connectivity index (χ1n) is 2.95. The summed E-state index contributed by atoms with van der Waals surface area (Å²) in [5, 5.41) is 0.546. The van der Waals surface area contributed by atoms with Crippen LogP contribution < -0.4 is 0 Å². The standard InChI is InChI=1S/C5H14S2Si/c1-8(2)4-5(7)3-6/h5-8H,3-4H2,1-2H3. The third kappa shape index (κ3) is 5.06. The first-order chi connectivity index (χ1) is 3.66. The van der Waals surface area contributed by atoms with Crippen LogP contribution in [0.15, 0.2) is 0 Å². The molecular weight excluding hydrogens is 152 g/mol. The highest BCUT2D eigenvalue weighted by Crippen LogP contribution is 2.06. The van der Waals surface area contributed by atoms with Crippen LogP contribution in [0.1, 0.15) is 0 Å². The van der Waals surface area contributed by atoms with E-state index in [9.17, 15) is 0 Å². The molecule has 0 saturated carbocycles. The van der Waals surface area contributed by atoms with Crippen molar-refractivity contribution in [1.82, 2.24) is 0 Å². The van der Waals surface area contributed by atoms with Crippen molar-refractivity contribution < 1.29 is 0 Å². The normalized spacial score (nSPS) is 14.6. The van der Waals surface area contributed by atoms with E-state index < -0.39 is 0 Å². The predicted molar refractivity (Wildman–Crippen MR) is 50.3 cm³/mol. The largest absolute Gasteiger partial charge is 0.178 e. The van der Waals surface area contributed by atoms with Gasteiger partial charge in [0.05, 0.1) is 0 Å². The van der Waals surface area contributed by atoms with Crippen molar-refractivity contribution >= 4 is 34.1 Å². The van der Waals surface area contributed by atoms with Gasteiger partial charge in [0.25, 0.3) is 0 Å². The summed E-state index contributed by atoms with van der Waals surface area (Å²) >= 11 is 8.46. The molecule has 0 fully saturated rings. The van der Waals surface area contributed by atoms with Crippen molar-refractivity contribution in [2.75, 3.05) is 5.75 Å². The summed E-state index contributed by atoms with van der Waals surface area (Å²) in [6.45, 7) is 4.68. The van der Waals surface area contributed by atoms with E-state index in [2.05, 4.69) is 38.4 Å². The smallest absolute Gasteiger partial charge is 0.0316 e. The van der Waals surface area contributed by atoms with E-state index in [4.69, 9.17) is 0 Å². The first-order valence-corrected chi connectivity index (χ1v) is 7.23. The van der Waals surface area contributed by atoms with Crippen LogP contribution >= 0.6 is 25.3 Å². The van der Waals surface area contributed by atoms with Crippen molar-refractivity contribution in [3.8, 4) is 0 Å². The third-order valence-corrected chi connectivity index (χ3v) is 3.99. The van der Waals surface area contributed by atoms with Gasteiger partial charge in [-0.15, -0.1) is 0 Å². The van der Waals surface area contributed by atoms with Crippen LogP contribution in [-0.4, -0.2) is 19.8 Å². The molecule has 0 heterocycles. The monoisotopic (exact) mass is 166 g/mol. The van der Waals surface area contributed by atoms with Gasteiger partial charge in [-0.2, -0.15) is 25.3 Å². The second-order valence-corrected chi connectivity index (χ2v) is 6.82. The molecule has 0 aliphatic carbocycles. The molecule has 0 amide bonds. The highest BCUT2D eigenvalue weighted by molar-refractivity contribution is 7.84. The molecule has 3 heteroatoms. The number of thiol groups is 2. The van der Waals surface area contributed by atoms with Crippen molar-refractivity contribution in [3.05, 3.63) is 0 Å². The Morgan fingerprint density at radius 2 is 2.00 bits per heavy atom. The summed E-state index contributed by atoms with van der Waals surface area (Å²) < 4.78 is 0. The van der Waals surface area contributed by atoms with E-state index in [0.29, 0.717) is 5.25 Å². The number of hydrogen-bond acceptors (Lipinski definition) is 2. The van der Waals surface area contributed by atoms with Gasteiger partial charge >= 0.3 is 0 Å². The fourth-order valence-corrected chi connectivity index (χ4v) is 3.57. The molecule has 0 nitrogen and oxygen atoms in total. The summed E-state index contributed by atoms with van der Waals surface area (Å²) in [5.41, 5.74) is 0. The van der Waals surface area contributed by atoms with E-state index >= 15 is 0 Å². The van der Waals surface area contributed by atoms with E-state index in [-0.39, 0.29) is 8.80 Å². The average Bonchev–Trinajstić information content (AvgIpc) is 1.65. The molecule has 0 bridgehead atoms. The second-order valence-electron chi connectivity index (χ2n) is 2.47. The fourth-order valence-electron chi connectivity index (χ4n) is 0.619. The minimum Gasteiger partial charge on any atom is -0.178 e. The average molecular weight is 166 g/mol. The van der Waals surface area contributed by atoms with Gasteiger partial charge in [0.15, 0.2) is 0 Å². The molecule has 1 atom stereocenters. The lowest BCUT2D eigenvalue weighted by atomic mass is 10.5. The number of rotatable bonds is 3. The summed E-state index contributed by atoms with van der Waals surface area (Å²) in [4.78, 5) is 0. The molecule has 0 radical (unpaired) electrons. The zero-order chi connectivity index (χ0) is 6.57. The molecule has 0 N–H and O–H groups in total. The van der Waals surface area contributed by atoms with Crippen LogP contribution in [0.25, 0.3) is 0 Å². The van der Waals surface area contributed by atoms with Crippen LogP contribution in [0.4, 0.5) is 0 Å². The fraction of sp³-hybridized carbons (Fsp3) is 1.00. The van der Waals surface area contributed by atoms with Crippen molar-refractivity contribution in [2.45, 2.75) is 24.4 Å². The highest BCUT2D eigenvalue weighted by atomic mass is 32.1. The van der Waals surface area contributed by atoms with Crippen LogP contribution in [0.5, 0.6) is 0 Å². The Balaban J connectivity index is 3.10. The van der Waals surface area contributed by atoms with Crippen molar-refractivity contribution in [3.63, 3.8) is 0 Å². The lowest BCUT2D eigenvalue weighted by Gasteiger charge is -2.07. The molecule has 50 valence electrons. The molecule has 0 rings (SSSR count). The maximum absolute atomic E-state index is 4.33. The Labute approximate surface area is 64.5 Å². The van der Waals surface area contributed by atoms with Crippen LogP contribution in [0.3, 0.4) is 0 Å². The molecule has 8 heavy (non-hydrogen) atoms. The summed E-state index contributed by atoms with van der Waals surface area (Å²) in [6.07, 6.45) is 0. The quantitative estimate of drug-likeness (QED) is 0.463. The summed E-state index contributed by atoms with van der Waals surface area (Å²) in [5.74, 6) is 0.925. The van der Waals surface area contributed by atoms with Crippen molar-refractivity contribution in [1.29, 1.82) is 0 Å². The third-order valence-electron chi connectivity index (χ3n) is 0.954. The zero-order valence-corrected chi connectivity index (χ0v) is 8.41. The molecule has 0 spiro atoms. The van der Waals surface area contributed by atoms with Gasteiger partial charge in [0.2, 0.25) is 0 Å². The number of hydrogen-bond donors (Lipinski definition) is 2. The minimum atomic E-state index is -0.371. The van der Waals surface area contributed by atoms with Gasteiger partial charge in [-0.3, -0.25) is 0 Å². The molecule has 0 aromatic heterocycles. The Hall–Kier alpha value is 0.917. The minimum absolute atomic E-state index is 0.371. The lowest BCUT2D eigenvalue weighted by Crippen LogP contribution is -2.10. The Morgan fingerprint density at radius 1 is 1.50 bits per heavy atom.